The van der Waals surface area contributed by atoms with Gasteiger partial charge in [0.2, 0.25) is 0 Å². The third-order valence-corrected chi connectivity index (χ3v) is 6.09. The average Bonchev–Trinajstić information content (AvgIpc) is 2.70. The monoisotopic (exact) mass is 523 g/mol. The number of benzene rings is 2. The van der Waals surface area contributed by atoms with Crippen LogP contribution in [0.4, 0.5) is 0 Å². The summed E-state index contributed by atoms with van der Waals surface area (Å²) in [6.07, 6.45) is 10.8. The van der Waals surface area contributed by atoms with E-state index in [-0.39, 0.29) is 5.41 Å². The van der Waals surface area contributed by atoms with Crippen molar-refractivity contribution in [1.82, 2.24) is 0 Å². The van der Waals surface area contributed by atoms with E-state index in [0.717, 1.165) is 16.7 Å². The number of nitrogens with zero attached hydrogens (tertiary/aromatic N) is 1. The molecule has 0 atom stereocenters. The van der Waals surface area contributed by atoms with Gasteiger partial charge in [-0.15, -0.1) is 0 Å². The first kappa shape index (κ1) is 25.6. The topological polar surface area (TPSA) is 32.6 Å². The van der Waals surface area contributed by atoms with E-state index >= 15 is 0 Å². The fraction of sp³-hybridized carbons (Fsp3) is 0.480. The zero-order valence-corrected chi connectivity index (χ0v) is 22.3. The summed E-state index contributed by atoms with van der Waals surface area (Å²) >= 11 is -0.826. The molecule has 2 aromatic rings. The summed E-state index contributed by atoms with van der Waals surface area (Å²) in [5, 5.41) is 11.1. The number of aryl methyl sites for hydroxylation is 1. The zero-order valence-electron chi connectivity index (χ0n) is 18.3. The Morgan fingerprint density at radius 2 is 1.53 bits per heavy atom. The Balaban J connectivity index is 0.00000101. The summed E-state index contributed by atoms with van der Waals surface area (Å²) in [5.41, 5.74) is 3.85. The Hall–Kier alpha value is -0.627. The first-order chi connectivity index (χ1) is 14.4. The van der Waals surface area contributed by atoms with Gasteiger partial charge in [0.15, 0.2) is 0 Å². The quantitative estimate of drug-likeness (QED) is 0.404. The molecule has 2 aromatic carbocycles. The molecule has 0 saturated heterocycles. The predicted molar refractivity (Wildman–Crippen MR) is 127 cm³/mol. The van der Waals surface area contributed by atoms with Crippen molar-refractivity contribution in [2.45, 2.75) is 77.2 Å². The van der Waals surface area contributed by atoms with Crippen molar-refractivity contribution in [2.24, 2.45) is 4.99 Å². The fourth-order valence-corrected chi connectivity index (χ4v) is 4.15. The molecule has 162 valence electrons. The standard InChI is InChI=1S/C25H33NO.2ClH.Zr/c1-19-16-17-23(25(2,3)20-12-8-7-9-13-20)24(27)22(19)18-26-21-14-10-5-4-6-11-15-21;;;/h7-9,12-13,16-18,21,27H,4-6,10-11,14-15H2,1-3H3;2*1H;/q;;;+2/p-2. The van der Waals surface area contributed by atoms with E-state index in [2.05, 4.69) is 57.2 Å². The first-order valence-corrected chi connectivity index (χ1v) is 17.1. The summed E-state index contributed by atoms with van der Waals surface area (Å²) in [6.45, 7) is 6.39. The second-order valence-corrected chi connectivity index (χ2v) is 12.3. The molecule has 30 heavy (non-hydrogen) atoms. The average molecular weight is 526 g/mol. The number of rotatable bonds is 4. The molecule has 0 amide bonds. The van der Waals surface area contributed by atoms with E-state index in [0.29, 0.717) is 11.8 Å². The molecule has 1 aliphatic rings. The van der Waals surface area contributed by atoms with Crippen LogP contribution in [0.1, 0.15) is 81.0 Å². The van der Waals surface area contributed by atoms with Crippen LogP contribution in [0.25, 0.3) is 0 Å². The van der Waals surface area contributed by atoms with Crippen LogP contribution in [0.15, 0.2) is 47.5 Å². The number of hydrogen-bond acceptors (Lipinski definition) is 2. The Morgan fingerprint density at radius 1 is 0.967 bits per heavy atom. The van der Waals surface area contributed by atoms with E-state index in [1.165, 1.54) is 50.5 Å². The van der Waals surface area contributed by atoms with Gasteiger partial charge in [0.05, 0.1) is 0 Å². The minimum absolute atomic E-state index is 0.262. The molecule has 1 saturated carbocycles. The van der Waals surface area contributed by atoms with Gasteiger partial charge < -0.3 is 5.11 Å². The first-order valence-electron chi connectivity index (χ1n) is 10.8. The number of phenols is 1. The SMILES string of the molecule is Cc1ccc(C(C)(C)c2ccccc2)c(O)c1C=NC1CCCCCCC1.[Cl][Zr][Cl]. The Kier molecular flexibility index (Phi) is 11.1. The van der Waals surface area contributed by atoms with Crippen molar-refractivity contribution >= 4 is 23.2 Å². The number of aromatic hydroxyl groups is 1. The van der Waals surface area contributed by atoms with Crippen LogP contribution in [-0.4, -0.2) is 17.4 Å². The van der Waals surface area contributed by atoms with Gasteiger partial charge in [-0.25, -0.2) is 0 Å². The van der Waals surface area contributed by atoms with Gasteiger partial charge in [0, 0.05) is 28.8 Å². The van der Waals surface area contributed by atoms with Crippen molar-refractivity contribution in [2.75, 3.05) is 0 Å². The van der Waals surface area contributed by atoms with Gasteiger partial charge in [-0.1, -0.05) is 88.4 Å². The van der Waals surface area contributed by atoms with Crippen LogP contribution >= 0.6 is 17.0 Å². The number of phenolic OH excluding ortho intramolecular Hbond substituents is 1. The van der Waals surface area contributed by atoms with E-state index in [1.54, 1.807) is 0 Å². The molecule has 1 aliphatic carbocycles. The van der Waals surface area contributed by atoms with Crippen molar-refractivity contribution in [1.29, 1.82) is 0 Å². The van der Waals surface area contributed by atoms with Gasteiger partial charge >= 0.3 is 37.9 Å². The molecule has 0 bridgehead atoms. The summed E-state index contributed by atoms with van der Waals surface area (Å²) in [4.78, 5) is 4.89. The minimum atomic E-state index is -0.826. The Bertz CT molecular complexity index is 800. The molecule has 0 spiro atoms. The molecule has 3 rings (SSSR count). The van der Waals surface area contributed by atoms with Crippen molar-refractivity contribution in [3.05, 3.63) is 64.7 Å². The maximum atomic E-state index is 11.1. The van der Waals surface area contributed by atoms with Crippen LogP contribution < -0.4 is 0 Å². The van der Waals surface area contributed by atoms with Gasteiger partial charge in [-0.05, 0) is 30.9 Å². The number of halogens is 2. The zero-order chi connectivity index (χ0) is 22.0. The van der Waals surface area contributed by atoms with Gasteiger partial charge in [0.25, 0.3) is 0 Å². The van der Waals surface area contributed by atoms with Crippen LogP contribution in [0.5, 0.6) is 5.75 Å². The second-order valence-electron chi connectivity index (χ2n) is 8.53. The van der Waals surface area contributed by atoms with E-state index in [9.17, 15) is 5.11 Å². The second kappa shape index (κ2) is 13.0. The van der Waals surface area contributed by atoms with Gasteiger partial charge in [-0.3, -0.25) is 4.99 Å². The number of aliphatic imine (C=N–C) groups is 1. The van der Waals surface area contributed by atoms with Crippen molar-refractivity contribution in [3.8, 4) is 5.75 Å². The summed E-state index contributed by atoms with van der Waals surface area (Å²) in [7, 11) is 9.87. The molecule has 1 fully saturated rings. The molecule has 0 heterocycles. The fourth-order valence-electron chi connectivity index (χ4n) is 4.15. The molecule has 0 radical (unpaired) electrons. The maximum absolute atomic E-state index is 11.1. The molecule has 2 nitrogen and oxygen atoms in total. The van der Waals surface area contributed by atoms with Gasteiger partial charge in [-0.2, -0.15) is 0 Å². The third-order valence-electron chi connectivity index (χ3n) is 6.09. The molecule has 1 N–H and O–H groups in total. The van der Waals surface area contributed by atoms with Gasteiger partial charge in [0.1, 0.15) is 5.75 Å². The third kappa shape index (κ3) is 7.21. The predicted octanol–water partition coefficient (Wildman–Crippen LogP) is 7.93. The molecule has 0 aromatic heterocycles. The molecular formula is C25H33Cl2NOZr. The van der Waals surface area contributed by atoms with Crippen LogP contribution in [0.2, 0.25) is 0 Å². The molecule has 5 heteroatoms. The van der Waals surface area contributed by atoms with Crippen molar-refractivity contribution in [3.63, 3.8) is 0 Å². The Morgan fingerprint density at radius 3 is 2.13 bits per heavy atom. The van der Waals surface area contributed by atoms with Crippen LogP contribution in [0.3, 0.4) is 0 Å². The van der Waals surface area contributed by atoms with E-state index < -0.39 is 20.8 Å². The summed E-state index contributed by atoms with van der Waals surface area (Å²) in [5.74, 6) is 0.374. The normalized spacial score (nSPS) is 15.8. The van der Waals surface area contributed by atoms with Crippen LogP contribution in [-0.2, 0) is 26.3 Å². The van der Waals surface area contributed by atoms with Crippen molar-refractivity contribution < 1.29 is 26.0 Å². The molecule has 0 unspecified atom stereocenters. The summed E-state index contributed by atoms with van der Waals surface area (Å²) in [6, 6.07) is 15.0. The van der Waals surface area contributed by atoms with Crippen LogP contribution in [0, 0.1) is 6.92 Å². The number of hydrogen-bond donors (Lipinski definition) is 1. The summed E-state index contributed by atoms with van der Waals surface area (Å²) < 4.78 is 0. The molecular weight excluding hydrogens is 492 g/mol. The molecule has 0 aliphatic heterocycles. The Labute approximate surface area is 200 Å². The van der Waals surface area contributed by atoms with E-state index in [4.69, 9.17) is 22.0 Å². The van der Waals surface area contributed by atoms with E-state index in [1.807, 2.05) is 12.3 Å².